The van der Waals surface area contributed by atoms with Gasteiger partial charge >= 0.3 is 17.6 Å². The SMILES string of the molecule is CCN(CC)c1ccc(C=Nc2ccc(OC(=O)c3ccccc3C(=O)Oc3ccc(N=Cc4ccc(C)cc4)cc3C)c([N+](=O)[O-])c2)cc1. The van der Waals surface area contributed by atoms with Crippen LogP contribution in [0.2, 0.25) is 0 Å². The summed E-state index contributed by atoms with van der Waals surface area (Å²) in [6, 6.07) is 30.9. The van der Waals surface area contributed by atoms with Crippen LogP contribution in [0.5, 0.6) is 11.5 Å². The standard InChI is InChI=1S/C40H36N4O6/c1-5-43(6-2)33-19-15-30(16-20-33)26-42-32-18-22-38(36(24-32)44(47)48)50-40(46)35-10-8-7-9-34(35)39(45)49-37-21-17-31(23-28(37)4)41-25-29-13-11-27(3)12-14-29/h7-26H,5-6H2,1-4H3. The number of esters is 2. The van der Waals surface area contributed by atoms with E-state index in [-0.39, 0.29) is 16.9 Å². The Hall–Kier alpha value is -6.42. The number of nitrogens with zero attached hydrogens (tertiary/aromatic N) is 4. The van der Waals surface area contributed by atoms with Crippen LogP contribution in [0.4, 0.5) is 22.7 Å². The van der Waals surface area contributed by atoms with Crippen LogP contribution in [-0.4, -0.2) is 42.4 Å². The Morgan fingerprint density at radius 1 is 0.700 bits per heavy atom. The van der Waals surface area contributed by atoms with Gasteiger partial charge in [0.2, 0.25) is 5.75 Å². The zero-order valence-electron chi connectivity index (χ0n) is 28.2. The molecule has 0 N–H and O–H groups in total. The van der Waals surface area contributed by atoms with Gasteiger partial charge in [-0.15, -0.1) is 0 Å². The molecule has 5 rings (SSSR count). The van der Waals surface area contributed by atoms with Crippen LogP contribution in [0.3, 0.4) is 0 Å². The van der Waals surface area contributed by atoms with E-state index in [2.05, 4.69) is 28.7 Å². The van der Waals surface area contributed by atoms with Crippen molar-refractivity contribution in [1.29, 1.82) is 0 Å². The van der Waals surface area contributed by atoms with Crippen LogP contribution in [0.15, 0.2) is 119 Å². The number of nitro benzene ring substituents is 1. The Bertz CT molecular complexity index is 2070. The maximum absolute atomic E-state index is 13.3. The summed E-state index contributed by atoms with van der Waals surface area (Å²) >= 11 is 0. The van der Waals surface area contributed by atoms with Gasteiger partial charge in [-0.05, 0) is 99.0 Å². The highest BCUT2D eigenvalue weighted by atomic mass is 16.6. The van der Waals surface area contributed by atoms with Crippen LogP contribution in [-0.2, 0) is 0 Å². The van der Waals surface area contributed by atoms with Crippen LogP contribution >= 0.6 is 0 Å². The van der Waals surface area contributed by atoms with E-state index in [4.69, 9.17) is 9.47 Å². The van der Waals surface area contributed by atoms with Gasteiger partial charge in [0.15, 0.2) is 0 Å². The van der Waals surface area contributed by atoms with Gasteiger partial charge in [-0.3, -0.25) is 20.1 Å². The molecule has 252 valence electrons. The molecule has 5 aromatic carbocycles. The lowest BCUT2D eigenvalue weighted by Crippen LogP contribution is -2.21. The molecule has 0 aliphatic carbocycles. The third-order valence-corrected chi connectivity index (χ3v) is 7.89. The smallest absolute Gasteiger partial charge is 0.344 e. The minimum absolute atomic E-state index is 0.0609. The molecule has 5 aromatic rings. The Morgan fingerprint density at radius 3 is 1.72 bits per heavy atom. The maximum atomic E-state index is 13.3. The lowest BCUT2D eigenvalue weighted by molar-refractivity contribution is -0.385. The van der Waals surface area contributed by atoms with Crippen LogP contribution < -0.4 is 14.4 Å². The van der Waals surface area contributed by atoms with Gasteiger partial charge in [0.1, 0.15) is 5.75 Å². The summed E-state index contributed by atoms with van der Waals surface area (Å²) in [5.41, 5.74) is 5.03. The number of carbonyl (C=O) groups is 2. The Balaban J connectivity index is 1.28. The second-order valence-electron chi connectivity index (χ2n) is 11.4. The van der Waals surface area contributed by atoms with Crippen molar-refractivity contribution < 1.29 is 24.0 Å². The third kappa shape index (κ3) is 8.73. The Kier molecular flexibility index (Phi) is 11.3. The average molecular weight is 669 g/mol. The van der Waals surface area contributed by atoms with Gasteiger partial charge in [0, 0.05) is 37.3 Å². The number of anilines is 1. The van der Waals surface area contributed by atoms with Crippen molar-refractivity contribution in [3.05, 3.63) is 153 Å². The van der Waals surface area contributed by atoms with E-state index in [0.717, 1.165) is 35.5 Å². The number of aliphatic imine (C=N–C) groups is 2. The molecule has 0 aliphatic rings. The molecule has 0 radical (unpaired) electrons. The monoisotopic (exact) mass is 668 g/mol. The van der Waals surface area contributed by atoms with Crippen molar-refractivity contribution in [2.45, 2.75) is 27.7 Å². The highest BCUT2D eigenvalue weighted by Gasteiger charge is 2.24. The minimum atomic E-state index is -0.956. The van der Waals surface area contributed by atoms with Crippen LogP contribution in [0, 0.1) is 24.0 Å². The maximum Gasteiger partial charge on any atom is 0.344 e. The number of carbonyl (C=O) groups excluding carboxylic acids is 2. The van der Waals surface area contributed by atoms with Crippen molar-refractivity contribution >= 4 is 47.1 Å². The molecule has 0 aliphatic heterocycles. The first-order valence-corrected chi connectivity index (χ1v) is 16.1. The molecular weight excluding hydrogens is 632 g/mol. The predicted octanol–water partition coefficient (Wildman–Crippen LogP) is 9.00. The highest BCUT2D eigenvalue weighted by molar-refractivity contribution is 6.04. The first-order chi connectivity index (χ1) is 24.1. The largest absolute Gasteiger partial charge is 0.423 e. The minimum Gasteiger partial charge on any atom is -0.423 e. The van der Waals surface area contributed by atoms with E-state index in [1.807, 2.05) is 55.5 Å². The van der Waals surface area contributed by atoms with E-state index in [1.54, 1.807) is 49.7 Å². The van der Waals surface area contributed by atoms with E-state index >= 15 is 0 Å². The number of benzene rings is 5. The third-order valence-electron chi connectivity index (χ3n) is 7.89. The van der Waals surface area contributed by atoms with Crippen molar-refractivity contribution in [3.63, 3.8) is 0 Å². The molecule has 0 heterocycles. The number of aryl methyl sites for hydroxylation is 2. The fraction of sp³-hybridized carbons (Fsp3) is 0.150. The predicted molar refractivity (Wildman–Crippen MR) is 196 cm³/mol. The average Bonchev–Trinajstić information content (AvgIpc) is 3.12. The molecule has 0 atom stereocenters. The van der Waals surface area contributed by atoms with E-state index in [1.165, 1.54) is 30.3 Å². The summed E-state index contributed by atoms with van der Waals surface area (Å²) in [6.45, 7) is 9.75. The molecule has 0 unspecified atom stereocenters. The van der Waals surface area contributed by atoms with Gasteiger partial charge < -0.3 is 14.4 Å². The fourth-order valence-electron chi connectivity index (χ4n) is 5.10. The summed E-state index contributed by atoms with van der Waals surface area (Å²) in [4.78, 5) is 49.0. The summed E-state index contributed by atoms with van der Waals surface area (Å²) < 4.78 is 11.1. The first-order valence-electron chi connectivity index (χ1n) is 16.1. The summed E-state index contributed by atoms with van der Waals surface area (Å²) in [6.07, 6.45) is 3.35. The zero-order chi connectivity index (χ0) is 35.6. The number of nitro groups is 1. The van der Waals surface area contributed by atoms with E-state index < -0.39 is 22.5 Å². The number of rotatable bonds is 12. The molecule has 0 aromatic heterocycles. The Labute approximate surface area is 290 Å². The second-order valence-corrected chi connectivity index (χ2v) is 11.4. The second kappa shape index (κ2) is 16.1. The fourth-order valence-corrected chi connectivity index (χ4v) is 5.10. The zero-order valence-corrected chi connectivity index (χ0v) is 28.2. The summed E-state index contributed by atoms with van der Waals surface area (Å²) in [5, 5.41) is 12.0. The molecule has 0 amide bonds. The van der Waals surface area contributed by atoms with Gasteiger partial charge in [-0.25, -0.2) is 9.59 Å². The molecule has 10 heteroatoms. The van der Waals surface area contributed by atoms with Crippen molar-refractivity contribution in [2.75, 3.05) is 18.0 Å². The van der Waals surface area contributed by atoms with E-state index in [9.17, 15) is 19.7 Å². The molecule has 0 spiro atoms. The number of hydrogen-bond donors (Lipinski definition) is 0. The summed E-state index contributed by atoms with van der Waals surface area (Å²) in [7, 11) is 0. The quantitative estimate of drug-likeness (QED) is 0.0427. The number of hydrogen-bond acceptors (Lipinski definition) is 9. The first kappa shape index (κ1) is 34.9. The highest BCUT2D eigenvalue weighted by Crippen LogP contribution is 2.32. The topological polar surface area (TPSA) is 124 Å². The summed E-state index contributed by atoms with van der Waals surface area (Å²) in [5.74, 6) is -1.74. The van der Waals surface area contributed by atoms with Gasteiger partial charge in [-0.1, -0.05) is 54.1 Å². The van der Waals surface area contributed by atoms with Crippen LogP contribution in [0.25, 0.3) is 0 Å². The molecule has 0 fully saturated rings. The van der Waals surface area contributed by atoms with Crippen LogP contribution in [0.1, 0.15) is 56.8 Å². The molecule has 0 saturated heterocycles. The molecule has 0 saturated carbocycles. The lowest BCUT2D eigenvalue weighted by atomic mass is 10.1. The van der Waals surface area contributed by atoms with Crippen molar-refractivity contribution in [3.8, 4) is 11.5 Å². The normalized spacial score (nSPS) is 11.1. The number of ether oxygens (including phenoxy) is 2. The molecule has 50 heavy (non-hydrogen) atoms. The molecule has 0 bridgehead atoms. The lowest BCUT2D eigenvalue weighted by Gasteiger charge is -2.20. The molecular formula is C40H36N4O6. The van der Waals surface area contributed by atoms with Crippen molar-refractivity contribution in [1.82, 2.24) is 0 Å². The van der Waals surface area contributed by atoms with E-state index in [0.29, 0.717) is 22.7 Å². The van der Waals surface area contributed by atoms with Gasteiger partial charge in [0.05, 0.1) is 27.4 Å². The Morgan fingerprint density at radius 2 is 1.20 bits per heavy atom. The van der Waals surface area contributed by atoms with Crippen molar-refractivity contribution in [2.24, 2.45) is 9.98 Å². The van der Waals surface area contributed by atoms with Gasteiger partial charge in [0.25, 0.3) is 0 Å². The van der Waals surface area contributed by atoms with Gasteiger partial charge in [-0.2, -0.15) is 0 Å². The molecule has 10 nitrogen and oxygen atoms in total.